The molecule has 19 heavy (non-hydrogen) atoms. The van der Waals surface area contributed by atoms with Gasteiger partial charge in [-0.15, -0.1) is 0 Å². The van der Waals surface area contributed by atoms with E-state index in [0.717, 1.165) is 51.9 Å². The number of hydrogen-bond acceptors (Lipinski definition) is 4. The third kappa shape index (κ3) is 4.06. The molecule has 0 aromatic heterocycles. The second-order valence-corrected chi connectivity index (χ2v) is 5.00. The zero-order chi connectivity index (χ0) is 13.5. The molecule has 2 N–H and O–H groups in total. The Morgan fingerprint density at radius 2 is 2.16 bits per heavy atom. The van der Waals surface area contributed by atoms with Crippen molar-refractivity contribution in [1.82, 2.24) is 15.1 Å². The number of aliphatic imine (C=N–C) groups is 1. The third-order valence-electron chi connectivity index (χ3n) is 3.72. The van der Waals surface area contributed by atoms with Gasteiger partial charge in [0.25, 0.3) is 0 Å². The monoisotopic (exact) mass is 270 g/mol. The molecule has 1 unspecified atom stereocenters. The van der Waals surface area contributed by atoms with Crippen LogP contribution < -0.4 is 5.32 Å². The van der Waals surface area contributed by atoms with Crippen molar-refractivity contribution in [1.29, 1.82) is 0 Å². The molecule has 2 aliphatic heterocycles. The maximum atomic E-state index is 8.91. The highest BCUT2D eigenvalue weighted by molar-refractivity contribution is 5.80. The van der Waals surface area contributed by atoms with Crippen LogP contribution in [0.5, 0.6) is 0 Å². The number of nitrogens with zero attached hydrogens (tertiary/aromatic N) is 3. The van der Waals surface area contributed by atoms with E-state index in [1.807, 2.05) is 0 Å². The lowest BCUT2D eigenvalue weighted by Crippen LogP contribution is -2.46. The van der Waals surface area contributed by atoms with E-state index in [0.29, 0.717) is 12.6 Å². The lowest BCUT2D eigenvalue weighted by Gasteiger charge is -2.32. The van der Waals surface area contributed by atoms with Crippen molar-refractivity contribution in [2.45, 2.75) is 19.4 Å². The molecule has 110 valence electrons. The lowest BCUT2D eigenvalue weighted by molar-refractivity contribution is 0.0195. The molecule has 0 spiro atoms. The van der Waals surface area contributed by atoms with Crippen molar-refractivity contribution in [2.24, 2.45) is 4.99 Å². The van der Waals surface area contributed by atoms with Crippen LogP contribution in [0.15, 0.2) is 4.99 Å². The molecule has 6 nitrogen and oxygen atoms in total. The molecule has 2 heterocycles. The van der Waals surface area contributed by atoms with Crippen LogP contribution in [0.3, 0.4) is 0 Å². The van der Waals surface area contributed by atoms with Gasteiger partial charge in [0.15, 0.2) is 5.96 Å². The molecule has 2 saturated heterocycles. The maximum absolute atomic E-state index is 8.91. The van der Waals surface area contributed by atoms with Crippen LogP contribution in [0.4, 0.5) is 0 Å². The van der Waals surface area contributed by atoms with Crippen molar-refractivity contribution < 1.29 is 9.84 Å². The Balaban J connectivity index is 1.87. The highest BCUT2D eigenvalue weighted by Crippen LogP contribution is 2.16. The summed E-state index contributed by atoms with van der Waals surface area (Å²) in [5.74, 6) is 0.937. The number of aliphatic hydroxyl groups is 1. The number of likely N-dealkylation sites (tertiary alicyclic amines) is 1. The van der Waals surface area contributed by atoms with Gasteiger partial charge in [-0.2, -0.15) is 0 Å². The third-order valence-corrected chi connectivity index (χ3v) is 3.72. The quantitative estimate of drug-likeness (QED) is 0.525. The van der Waals surface area contributed by atoms with Gasteiger partial charge < -0.3 is 20.1 Å². The molecule has 0 saturated carbocycles. The predicted molar refractivity (Wildman–Crippen MR) is 75.4 cm³/mol. The number of ether oxygens (including phenoxy) is 1. The summed E-state index contributed by atoms with van der Waals surface area (Å²) in [6.07, 6.45) is 1.18. The number of nitrogens with one attached hydrogen (secondary N) is 1. The number of morpholine rings is 1. The van der Waals surface area contributed by atoms with E-state index in [2.05, 4.69) is 27.0 Å². The number of aliphatic hydroxyl groups excluding tert-OH is 1. The number of guanidine groups is 1. The average molecular weight is 270 g/mol. The maximum Gasteiger partial charge on any atom is 0.194 e. The Kier molecular flexibility index (Phi) is 5.88. The smallest absolute Gasteiger partial charge is 0.194 e. The van der Waals surface area contributed by atoms with E-state index in [1.165, 1.54) is 6.42 Å². The van der Waals surface area contributed by atoms with E-state index in [1.54, 1.807) is 0 Å². The van der Waals surface area contributed by atoms with E-state index in [-0.39, 0.29) is 6.61 Å². The SMILES string of the molecule is CCNC(=NCCO)N1CCC(N2CCOCC2)C1. The van der Waals surface area contributed by atoms with Gasteiger partial charge in [-0.05, 0) is 13.3 Å². The molecule has 2 aliphatic rings. The normalized spacial score (nSPS) is 25.9. The Hall–Kier alpha value is -0.850. The van der Waals surface area contributed by atoms with E-state index in [4.69, 9.17) is 9.84 Å². The summed E-state index contributed by atoms with van der Waals surface area (Å²) in [6.45, 7) is 9.39. The molecule has 0 aromatic carbocycles. The molecule has 0 radical (unpaired) electrons. The Labute approximate surface area is 115 Å². The minimum Gasteiger partial charge on any atom is -0.394 e. The summed E-state index contributed by atoms with van der Waals surface area (Å²) in [5, 5.41) is 12.2. The molecule has 2 fully saturated rings. The number of hydrogen-bond donors (Lipinski definition) is 2. The standard InChI is InChI=1S/C13H26N4O2/c1-2-14-13(15-4-8-18)17-5-3-12(11-17)16-6-9-19-10-7-16/h12,18H,2-11H2,1H3,(H,14,15). The van der Waals surface area contributed by atoms with Crippen molar-refractivity contribution >= 4 is 5.96 Å². The van der Waals surface area contributed by atoms with Gasteiger partial charge in [-0.3, -0.25) is 9.89 Å². The Bertz CT molecular complexity index is 292. The Morgan fingerprint density at radius 3 is 2.84 bits per heavy atom. The minimum atomic E-state index is 0.107. The fourth-order valence-electron chi connectivity index (χ4n) is 2.76. The van der Waals surface area contributed by atoms with Gasteiger partial charge in [0.2, 0.25) is 0 Å². The van der Waals surface area contributed by atoms with Crippen molar-refractivity contribution in [3.05, 3.63) is 0 Å². The summed E-state index contributed by atoms with van der Waals surface area (Å²) in [7, 11) is 0. The van der Waals surface area contributed by atoms with Crippen molar-refractivity contribution in [2.75, 3.05) is 59.1 Å². The van der Waals surface area contributed by atoms with Crippen LogP contribution in [0, 0.1) is 0 Å². The van der Waals surface area contributed by atoms with Gasteiger partial charge in [-0.1, -0.05) is 0 Å². The van der Waals surface area contributed by atoms with Crippen LogP contribution in [-0.2, 0) is 4.74 Å². The summed E-state index contributed by atoms with van der Waals surface area (Å²) in [4.78, 5) is 9.26. The molecule has 0 amide bonds. The average Bonchev–Trinajstić information content (AvgIpc) is 2.94. The molecule has 0 bridgehead atoms. The van der Waals surface area contributed by atoms with E-state index in [9.17, 15) is 0 Å². The van der Waals surface area contributed by atoms with E-state index >= 15 is 0 Å². The van der Waals surface area contributed by atoms with Crippen LogP contribution in [0.1, 0.15) is 13.3 Å². The Morgan fingerprint density at radius 1 is 1.37 bits per heavy atom. The summed E-state index contributed by atoms with van der Waals surface area (Å²) in [5.41, 5.74) is 0. The van der Waals surface area contributed by atoms with Gasteiger partial charge in [0.05, 0.1) is 26.4 Å². The van der Waals surface area contributed by atoms with Crippen molar-refractivity contribution in [3.63, 3.8) is 0 Å². The van der Waals surface area contributed by atoms with Crippen molar-refractivity contribution in [3.8, 4) is 0 Å². The first-order chi connectivity index (χ1) is 9.35. The van der Waals surface area contributed by atoms with Gasteiger partial charge in [-0.25, -0.2) is 0 Å². The highest BCUT2D eigenvalue weighted by atomic mass is 16.5. The van der Waals surface area contributed by atoms with Crippen LogP contribution in [0.25, 0.3) is 0 Å². The first-order valence-corrected chi connectivity index (χ1v) is 7.31. The second kappa shape index (κ2) is 7.67. The lowest BCUT2D eigenvalue weighted by atomic mass is 10.2. The molecular weight excluding hydrogens is 244 g/mol. The molecule has 2 rings (SSSR count). The zero-order valence-electron chi connectivity index (χ0n) is 11.8. The summed E-state index contributed by atoms with van der Waals surface area (Å²) in [6, 6.07) is 0.613. The van der Waals surface area contributed by atoms with Gasteiger partial charge in [0.1, 0.15) is 0 Å². The molecule has 1 atom stereocenters. The number of rotatable bonds is 4. The topological polar surface area (TPSA) is 60.3 Å². The van der Waals surface area contributed by atoms with Crippen LogP contribution in [0.2, 0.25) is 0 Å². The second-order valence-electron chi connectivity index (χ2n) is 5.00. The molecule has 6 heteroatoms. The molecule has 0 aromatic rings. The molecular formula is C13H26N4O2. The largest absolute Gasteiger partial charge is 0.394 e. The highest BCUT2D eigenvalue weighted by Gasteiger charge is 2.30. The first kappa shape index (κ1) is 14.6. The minimum absolute atomic E-state index is 0.107. The predicted octanol–water partition coefficient (Wildman–Crippen LogP) is -0.649. The van der Waals surface area contributed by atoms with Gasteiger partial charge >= 0.3 is 0 Å². The van der Waals surface area contributed by atoms with Gasteiger partial charge in [0, 0.05) is 38.8 Å². The summed E-state index contributed by atoms with van der Waals surface area (Å²) >= 11 is 0. The van der Waals surface area contributed by atoms with E-state index < -0.39 is 0 Å². The first-order valence-electron chi connectivity index (χ1n) is 7.31. The summed E-state index contributed by atoms with van der Waals surface area (Å²) < 4.78 is 5.41. The van der Waals surface area contributed by atoms with Crippen LogP contribution >= 0.6 is 0 Å². The van der Waals surface area contributed by atoms with Crippen LogP contribution in [-0.4, -0.2) is 86.0 Å². The fraction of sp³-hybridized carbons (Fsp3) is 0.923. The fourth-order valence-corrected chi connectivity index (χ4v) is 2.76. The molecule has 0 aliphatic carbocycles. The zero-order valence-corrected chi connectivity index (χ0v) is 11.8.